The highest BCUT2D eigenvalue weighted by Crippen LogP contribution is 2.24. The van der Waals surface area contributed by atoms with Crippen LogP contribution in [0.25, 0.3) is 22.3 Å². The zero-order valence-electron chi connectivity index (χ0n) is 14.2. The number of pyridine rings is 1. The van der Waals surface area contributed by atoms with Crippen molar-refractivity contribution in [1.29, 1.82) is 0 Å². The van der Waals surface area contributed by atoms with Crippen molar-refractivity contribution in [3.05, 3.63) is 52.1 Å². The van der Waals surface area contributed by atoms with E-state index in [-0.39, 0.29) is 5.69 Å². The van der Waals surface area contributed by atoms with E-state index in [0.717, 1.165) is 36.3 Å². The Bertz CT molecular complexity index is 929. The maximum absolute atomic E-state index is 12.3. The standard InChI is InChI=1S/C19H22N4O/c1-13-8-14(2)10-15(9-13)16-11-17-18(20-12-16)21-19(24)23(17)7-6-22-4-3-5-22/h8-12H,3-7H2,1-2H3,(H,20,21,24). The molecule has 1 N–H and O–H groups in total. The number of aromatic nitrogens is 3. The van der Waals surface area contributed by atoms with Crippen molar-refractivity contribution in [2.75, 3.05) is 19.6 Å². The second-order valence-electron chi connectivity index (χ2n) is 6.75. The average Bonchev–Trinajstić information content (AvgIpc) is 2.80. The molecule has 1 aliphatic rings. The van der Waals surface area contributed by atoms with E-state index < -0.39 is 0 Å². The van der Waals surface area contributed by atoms with Crippen molar-refractivity contribution in [2.24, 2.45) is 0 Å². The van der Waals surface area contributed by atoms with Gasteiger partial charge in [0, 0.05) is 24.8 Å². The Balaban J connectivity index is 1.74. The lowest BCUT2D eigenvalue weighted by molar-refractivity contribution is 0.175. The monoisotopic (exact) mass is 322 g/mol. The summed E-state index contributed by atoms with van der Waals surface area (Å²) in [5, 5.41) is 0. The number of H-pyrrole nitrogens is 1. The molecule has 0 radical (unpaired) electrons. The fraction of sp³-hybridized carbons (Fsp3) is 0.368. The van der Waals surface area contributed by atoms with Crippen LogP contribution < -0.4 is 5.69 Å². The number of aromatic amines is 1. The fourth-order valence-corrected chi connectivity index (χ4v) is 3.40. The molecular formula is C19H22N4O. The van der Waals surface area contributed by atoms with Crippen LogP contribution >= 0.6 is 0 Å². The zero-order chi connectivity index (χ0) is 16.7. The Morgan fingerprint density at radius 2 is 1.79 bits per heavy atom. The molecule has 0 amide bonds. The van der Waals surface area contributed by atoms with Gasteiger partial charge in [-0.1, -0.05) is 29.3 Å². The van der Waals surface area contributed by atoms with Crippen molar-refractivity contribution in [3.8, 4) is 11.1 Å². The molecule has 0 bridgehead atoms. The van der Waals surface area contributed by atoms with Crippen LogP contribution in [-0.4, -0.2) is 39.1 Å². The predicted molar refractivity (Wildman–Crippen MR) is 96.3 cm³/mol. The van der Waals surface area contributed by atoms with E-state index in [2.05, 4.69) is 53.0 Å². The van der Waals surface area contributed by atoms with Crippen LogP contribution in [0, 0.1) is 13.8 Å². The lowest BCUT2D eigenvalue weighted by Crippen LogP contribution is -2.40. The van der Waals surface area contributed by atoms with E-state index in [0.29, 0.717) is 12.2 Å². The third-order valence-electron chi connectivity index (χ3n) is 4.77. The van der Waals surface area contributed by atoms with Gasteiger partial charge in [0.2, 0.25) is 0 Å². The summed E-state index contributed by atoms with van der Waals surface area (Å²) in [5.41, 5.74) is 6.13. The Labute approximate surface area is 140 Å². The van der Waals surface area contributed by atoms with Crippen LogP contribution in [0.1, 0.15) is 17.5 Å². The molecule has 0 spiro atoms. The number of nitrogens with zero attached hydrogens (tertiary/aromatic N) is 3. The molecule has 5 nitrogen and oxygen atoms in total. The van der Waals surface area contributed by atoms with Crippen LogP contribution in [0.15, 0.2) is 35.3 Å². The van der Waals surface area contributed by atoms with E-state index >= 15 is 0 Å². The first-order valence-electron chi connectivity index (χ1n) is 8.50. The highest BCUT2D eigenvalue weighted by atomic mass is 16.1. The minimum Gasteiger partial charge on any atom is -0.301 e. The summed E-state index contributed by atoms with van der Waals surface area (Å²) in [6, 6.07) is 8.55. The third-order valence-corrected chi connectivity index (χ3v) is 4.77. The fourth-order valence-electron chi connectivity index (χ4n) is 3.40. The minimum atomic E-state index is -0.0735. The zero-order valence-corrected chi connectivity index (χ0v) is 14.2. The van der Waals surface area contributed by atoms with Gasteiger partial charge in [0.15, 0.2) is 5.65 Å². The van der Waals surface area contributed by atoms with E-state index in [4.69, 9.17) is 0 Å². The van der Waals surface area contributed by atoms with Crippen LogP contribution in [0.4, 0.5) is 0 Å². The molecule has 5 heteroatoms. The maximum Gasteiger partial charge on any atom is 0.327 e. The van der Waals surface area contributed by atoms with Gasteiger partial charge in [-0.3, -0.25) is 9.55 Å². The molecule has 1 fully saturated rings. The summed E-state index contributed by atoms with van der Waals surface area (Å²) in [6.45, 7) is 8.10. The van der Waals surface area contributed by atoms with Crippen molar-refractivity contribution in [2.45, 2.75) is 26.8 Å². The molecule has 3 heterocycles. The molecule has 1 aromatic carbocycles. The normalized spacial score (nSPS) is 14.9. The van der Waals surface area contributed by atoms with Crippen molar-refractivity contribution in [3.63, 3.8) is 0 Å². The molecule has 0 unspecified atom stereocenters. The van der Waals surface area contributed by atoms with E-state index in [1.54, 1.807) is 0 Å². The van der Waals surface area contributed by atoms with Crippen LogP contribution in [0.3, 0.4) is 0 Å². The highest BCUT2D eigenvalue weighted by Gasteiger charge is 2.15. The van der Waals surface area contributed by atoms with Crippen LogP contribution in [0.2, 0.25) is 0 Å². The van der Waals surface area contributed by atoms with Gasteiger partial charge in [0.05, 0.1) is 5.52 Å². The number of hydrogen-bond donors (Lipinski definition) is 1. The first-order valence-corrected chi connectivity index (χ1v) is 8.50. The highest BCUT2D eigenvalue weighted by molar-refractivity contribution is 5.78. The van der Waals surface area contributed by atoms with Gasteiger partial charge < -0.3 is 4.90 Å². The molecule has 1 aliphatic heterocycles. The van der Waals surface area contributed by atoms with Gasteiger partial charge in [0.1, 0.15) is 0 Å². The number of hydrogen-bond acceptors (Lipinski definition) is 3. The van der Waals surface area contributed by atoms with Gasteiger partial charge in [-0.05, 0) is 45.0 Å². The quantitative estimate of drug-likeness (QED) is 0.803. The van der Waals surface area contributed by atoms with Gasteiger partial charge in [-0.2, -0.15) is 0 Å². The Kier molecular flexibility index (Phi) is 3.73. The number of nitrogens with one attached hydrogen (secondary N) is 1. The van der Waals surface area contributed by atoms with Crippen molar-refractivity contribution in [1.82, 2.24) is 19.4 Å². The maximum atomic E-state index is 12.3. The van der Waals surface area contributed by atoms with Crippen LogP contribution in [-0.2, 0) is 6.54 Å². The number of benzene rings is 1. The topological polar surface area (TPSA) is 53.9 Å². The predicted octanol–water partition coefficient (Wildman–Crippen LogP) is 2.71. The molecule has 0 atom stereocenters. The minimum absolute atomic E-state index is 0.0735. The number of fused-ring (bicyclic) bond motifs is 1. The van der Waals surface area contributed by atoms with Crippen molar-refractivity contribution >= 4 is 11.2 Å². The van der Waals surface area contributed by atoms with Gasteiger partial charge in [-0.15, -0.1) is 0 Å². The molecule has 4 rings (SSSR count). The first-order chi connectivity index (χ1) is 11.6. The van der Waals surface area contributed by atoms with Crippen LogP contribution in [0.5, 0.6) is 0 Å². The Morgan fingerprint density at radius 3 is 2.46 bits per heavy atom. The van der Waals surface area contributed by atoms with E-state index in [1.807, 2.05) is 10.8 Å². The second-order valence-corrected chi connectivity index (χ2v) is 6.75. The second kappa shape index (κ2) is 5.91. The summed E-state index contributed by atoms with van der Waals surface area (Å²) in [4.78, 5) is 22.0. The Hall–Kier alpha value is -2.40. The van der Waals surface area contributed by atoms with Gasteiger partial charge in [-0.25, -0.2) is 9.78 Å². The van der Waals surface area contributed by atoms with Gasteiger partial charge >= 0.3 is 5.69 Å². The molecule has 3 aromatic rings. The lowest BCUT2D eigenvalue weighted by atomic mass is 10.0. The van der Waals surface area contributed by atoms with E-state index in [1.165, 1.54) is 17.5 Å². The number of likely N-dealkylation sites (tertiary alicyclic amines) is 1. The summed E-state index contributed by atoms with van der Waals surface area (Å²) in [5.74, 6) is 0. The molecular weight excluding hydrogens is 300 g/mol. The van der Waals surface area contributed by atoms with Gasteiger partial charge in [0.25, 0.3) is 0 Å². The van der Waals surface area contributed by atoms with Crippen molar-refractivity contribution < 1.29 is 0 Å². The Morgan fingerprint density at radius 1 is 1.04 bits per heavy atom. The molecule has 1 saturated heterocycles. The smallest absolute Gasteiger partial charge is 0.301 e. The largest absolute Gasteiger partial charge is 0.327 e. The summed E-state index contributed by atoms with van der Waals surface area (Å²) < 4.78 is 1.81. The molecule has 0 aliphatic carbocycles. The first kappa shape index (κ1) is 15.1. The molecule has 24 heavy (non-hydrogen) atoms. The average molecular weight is 322 g/mol. The molecule has 124 valence electrons. The number of aryl methyl sites for hydroxylation is 2. The number of imidazole rings is 1. The SMILES string of the molecule is Cc1cc(C)cc(-c2cnc3[nH]c(=O)n(CCN4CCC4)c3c2)c1. The lowest BCUT2D eigenvalue weighted by Gasteiger charge is -2.30. The van der Waals surface area contributed by atoms with E-state index in [9.17, 15) is 4.79 Å². The molecule has 0 saturated carbocycles. The summed E-state index contributed by atoms with van der Waals surface area (Å²) in [7, 11) is 0. The molecule has 2 aromatic heterocycles. The summed E-state index contributed by atoms with van der Waals surface area (Å²) >= 11 is 0. The third kappa shape index (κ3) is 2.76. The summed E-state index contributed by atoms with van der Waals surface area (Å²) in [6.07, 6.45) is 3.10. The number of rotatable bonds is 4.